The number of anilines is 1. The molecule has 1 aromatic carbocycles. The van der Waals surface area contributed by atoms with Crippen molar-refractivity contribution < 1.29 is 14.3 Å². The lowest BCUT2D eigenvalue weighted by molar-refractivity contribution is -0.119. The van der Waals surface area contributed by atoms with Gasteiger partial charge in [0.1, 0.15) is 17.7 Å². The van der Waals surface area contributed by atoms with Crippen LogP contribution >= 0.6 is 11.3 Å². The smallest absolute Gasteiger partial charge is 0.408 e. The molecule has 2 rings (SSSR count). The summed E-state index contributed by atoms with van der Waals surface area (Å²) < 4.78 is 5.25. The van der Waals surface area contributed by atoms with Crippen LogP contribution in [0.4, 0.5) is 9.93 Å². The Morgan fingerprint density at radius 3 is 2.43 bits per heavy atom. The number of hydrogen-bond donors (Lipinski definition) is 2. The second kappa shape index (κ2) is 9.64. The molecule has 0 aliphatic heterocycles. The number of aromatic nitrogens is 2. The fraction of sp³-hybridized carbons (Fsp3) is 0.500. The van der Waals surface area contributed by atoms with Crippen LogP contribution < -0.4 is 10.6 Å². The van der Waals surface area contributed by atoms with Gasteiger partial charge in [-0.05, 0) is 11.5 Å². The fourth-order valence-electron chi connectivity index (χ4n) is 2.35. The number of nitrogens with zero attached hydrogens (tertiary/aromatic N) is 2. The molecule has 0 aliphatic rings. The van der Waals surface area contributed by atoms with E-state index in [0.717, 1.165) is 17.0 Å². The molecule has 0 saturated heterocycles. The van der Waals surface area contributed by atoms with Crippen LogP contribution in [-0.2, 0) is 21.6 Å². The Balaban J connectivity index is 1.98. The minimum absolute atomic E-state index is 0.0701. The van der Waals surface area contributed by atoms with Crippen LogP contribution in [0.3, 0.4) is 0 Å². The summed E-state index contributed by atoms with van der Waals surface area (Å²) in [4.78, 5) is 24.9. The number of nitrogens with one attached hydrogen (secondary N) is 2. The van der Waals surface area contributed by atoms with Crippen molar-refractivity contribution in [1.29, 1.82) is 0 Å². The summed E-state index contributed by atoms with van der Waals surface area (Å²) in [5.41, 5.74) is 0.738. The van der Waals surface area contributed by atoms with Crippen LogP contribution in [0, 0.1) is 5.92 Å². The van der Waals surface area contributed by atoms with Crippen LogP contribution in [0.1, 0.15) is 51.6 Å². The van der Waals surface area contributed by atoms with Gasteiger partial charge in [-0.15, -0.1) is 10.2 Å². The molecule has 28 heavy (non-hydrogen) atoms. The molecule has 0 saturated carbocycles. The molecule has 0 bridgehead atoms. The molecule has 0 aliphatic carbocycles. The third kappa shape index (κ3) is 6.30. The number of amides is 2. The Morgan fingerprint density at radius 2 is 1.86 bits per heavy atom. The lowest BCUT2D eigenvalue weighted by Crippen LogP contribution is -2.47. The van der Waals surface area contributed by atoms with Gasteiger partial charge < -0.3 is 10.1 Å². The van der Waals surface area contributed by atoms with Gasteiger partial charge in [0.2, 0.25) is 11.0 Å². The highest BCUT2D eigenvalue weighted by Gasteiger charge is 2.28. The second-order valence-corrected chi connectivity index (χ2v) is 8.70. The van der Waals surface area contributed by atoms with Crippen molar-refractivity contribution >= 4 is 28.5 Å². The molecule has 0 fully saturated rings. The maximum Gasteiger partial charge on any atom is 0.408 e. The molecule has 2 aromatic rings. The van der Waals surface area contributed by atoms with Crippen LogP contribution in [-0.4, -0.2) is 28.2 Å². The molecule has 0 spiro atoms. The lowest BCUT2D eigenvalue weighted by atomic mass is 9.98. The number of carbonyl (C=O) groups is 2. The summed E-state index contributed by atoms with van der Waals surface area (Å²) >= 11 is 1.33. The van der Waals surface area contributed by atoms with Gasteiger partial charge >= 0.3 is 6.09 Å². The Labute approximate surface area is 169 Å². The zero-order valence-corrected chi connectivity index (χ0v) is 17.8. The lowest BCUT2D eigenvalue weighted by Gasteiger charge is -2.22. The van der Waals surface area contributed by atoms with Gasteiger partial charge in [0, 0.05) is 5.41 Å². The van der Waals surface area contributed by atoms with Crippen LogP contribution in [0.5, 0.6) is 0 Å². The Bertz CT molecular complexity index is 786. The van der Waals surface area contributed by atoms with E-state index in [2.05, 4.69) is 20.8 Å². The van der Waals surface area contributed by atoms with Gasteiger partial charge in [0.15, 0.2) is 0 Å². The third-order valence-corrected chi connectivity index (χ3v) is 5.54. The number of rotatable bonds is 7. The van der Waals surface area contributed by atoms with E-state index in [0.29, 0.717) is 5.13 Å². The van der Waals surface area contributed by atoms with Gasteiger partial charge in [-0.2, -0.15) is 0 Å². The van der Waals surface area contributed by atoms with Crippen molar-refractivity contribution in [3.63, 3.8) is 0 Å². The molecule has 2 N–H and O–H groups in total. The van der Waals surface area contributed by atoms with E-state index in [-0.39, 0.29) is 23.8 Å². The Morgan fingerprint density at radius 1 is 1.18 bits per heavy atom. The Hall–Kier alpha value is -2.48. The summed E-state index contributed by atoms with van der Waals surface area (Å²) in [6, 6.07) is 8.66. The molecule has 1 heterocycles. The zero-order chi connectivity index (χ0) is 20.7. The number of benzene rings is 1. The van der Waals surface area contributed by atoms with E-state index in [1.54, 1.807) is 0 Å². The monoisotopic (exact) mass is 404 g/mol. The summed E-state index contributed by atoms with van der Waals surface area (Å²) in [7, 11) is 0. The molecule has 7 nitrogen and oxygen atoms in total. The van der Waals surface area contributed by atoms with E-state index in [9.17, 15) is 9.59 Å². The van der Waals surface area contributed by atoms with Crippen LogP contribution in [0.25, 0.3) is 0 Å². The molecular weight excluding hydrogens is 376 g/mol. The number of hydrogen-bond acceptors (Lipinski definition) is 6. The normalized spacial score (nSPS) is 13.5. The van der Waals surface area contributed by atoms with E-state index < -0.39 is 12.1 Å². The summed E-state index contributed by atoms with van der Waals surface area (Å²) in [6.45, 7) is 10.1. The van der Waals surface area contributed by atoms with Gasteiger partial charge in [-0.25, -0.2) is 4.79 Å². The molecule has 2 atom stereocenters. The van der Waals surface area contributed by atoms with Crippen molar-refractivity contribution in [1.82, 2.24) is 15.5 Å². The topological polar surface area (TPSA) is 93.2 Å². The highest BCUT2D eigenvalue weighted by Crippen LogP contribution is 2.27. The van der Waals surface area contributed by atoms with Crippen molar-refractivity contribution in [2.24, 2.45) is 5.92 Å². The van der Waals surface area contributed by atoms with Crippen molar-refractivity contribution in [2.45, 2.75) is 59.1 Å². The van der Waals surface area contributed by atoms with Crippen molar-refractivity contribution in [3.8, 4) is 0 Å². The van der Waals surface area contributed by atoms with Crippen LogP contribution in [0.15, 0.2) is 30.3 Å². The van der Waals surface area contributed by atoms with Crippen molar-refractivity contribution in [3.05, 3.63) is 40.9 Å². The fourth-order valence-corrected chi connectivity index (χ4v) is 3.16. The zero-order valence-electron chi connectivity index (χ0n) is 17.0. The average molecular weight is 405 g/mol. The summed E-state index contributed by atoms with van der Waals surface area (Å²) in [6.07, 6.45) is 0.0948. The average Bonchev–Trinajstić information content (AvgIpc) is 3.13. The first-order chi connectivity index (χ1) is 13.2. The third-order valence-electron chi connectivity index (χ3n) is 4.28. The summed E-state index contributed by atoms with van der Waals surface area (Å²) in [5.74, 6) is -0.401. The quantitative estimate of drug-likeness (QED) is 0.724. The second-order valence-electron chi connectivity index (χ2n) is 7.72. The highest BCUT2D eigenvalue weighted by atomic mass is 32.1. The first kappa shape index (κ1) is 21.8. The largest absolute Gasteiger partial charge is 0.445 e. The van der Waals surface area contributed by atoms with Crippen LogP contribution in [0.2, 0.25) is 0 Å². The molecular formula is C20H28N4O3S. The standard InChI is InChI=1S/C20H28N4O3S/c1-6-13(2)15(21-19(26)27-12-14-10-8-7-9-11-14)16(25)22-18-24-23-17(28-18)20(3,4)5/h7-11,13,15H,6,12H2,1-5H3,(H,21,26)(H,22,24,25)/t13-,15-/m0/s1. The molecule has 0 radical (unpaired) electrons. The van der Waals surface area contributed by atoms with E-state index >= 15 is 0 Å². The van der Waals surface area contributed by atoms with E-state index in [1.165, 1.54) is 11.3 Å². The number of carbonyl (C=O) groups excluding carboxylic acids is 2. The number of ether oxygens (including phenoxy) is 1. The summed E-state index contributed by atoms with van der Waals surface area (Å²) in [5, 5.41) is 14.9. The maximum absolute atomic E-state index is 12.7. The highest BCUT2D eigenvalue weighted by molar-refractivity contribution is 7.15. The minimum Gasteiger partial charge on any atom is -0.445 e. The maximum atomic E-state index is 12.7. The molecule has 8 heteroatoms. The van der Waals surface area contributed by atoms with E-state index in [4.69, 9.17) is 4.74 Å². The van der Waals surface area contributed by atoms with Gasteiger partial charge in [0.25, 0.3) is 0 Å². The van der Waals surface area contributed by atoms with Gasteiger partial charge in [-0.3, -0.25) is 10.1 Å². The molecule has 152 valence electrons. The van der Waals surface area contributed by atoms with Gasteiger partial charge in [0.05, 0.1) is 0 Å². The van der Waals surface area contributed by atoms with Gasteiger partial charge in [-0.1, -0.05) is 82.7 Å². The first-order valence-electron chi connectivity index (χ1n) is 9.32. The molecule has 1 aromatic heterocycles. The predicted molar refractivity (Wildman–Crippen MR) is 110 cm³/mol. The number of alkyl carbamates (subject to hydrolysis) is 1. The SMILES string of the molecule is CC[C@H](C)[C@H](NC(=O)OCc1ccccc1)C(=O)Nc1nnc(C(C)(C)C)s1. The predicted octanol–water partition coefficient (Wildman–Crippen LogP) is 4.12. The van der Waals surface area contributed by atoms with E-state index in [1.807, 2.05) is 65.0 Å². The molecule has 0 unspecified atom stereocenters. The van der Waals surface area contributed by atoms with Crippen molar-refractivity contribution in [2.75, 3.05) is 5.32 Å². The molecule has 2 amide bonds. The Kier molecular flexibility index (Phi) is 7.51. The first-order valence-corrected chi connectivity index (χ1v) is 10.1. The minimum atomic E-state index is -0.727.